The lowest BCUT2D eigenvalue weighted by Crippen LogP contribution is -2.37. The van der Waals surface area contributed by atoms with Crippen LogP contribution in [0.15, 0.2) is 0 Å². The van der Waals surface area contributed by atoms with E-state index in [2.05, 4.69) is 21.7 Å². The van der Waals surface area contributed by atoms with Crippen LogP contribution in [0.2, 0.25) is 0 Å². The zero-order valence-electron chi connectivity index (χ0n) is 10.9. The fraction of sp³-hybridized carbons (Fsp3) is 1.00. The summed E-state index contributed by atoms with van der Waals surface area (Å²) in [7, 11) is 6.13. The summed E-state index contributed by atoms with van der Waals surface area (Å²) in [5.74, 6) is 0. The molecule has 0 aromatic heterocycles. The number of hydrogen-bond acceptors (Lipinski definition) is 5. The molecule has 0 spiro atoms. The van der Waals surface area contributed by atoms with Crippen LogP contribution >= 0.6 is 0 Å². The van der Waals surface area contributed by atoms with E-state index in [-0.39, 0.29) is 13.2 Å². The van der Waals surface area contributed by atoms with Gasteiger partial charge in [-0.25, -0.2) is 0 Å². The van der Waals surface area contributed by atoms with Crippen LogP contribution in [0.3, 0.4) is 0 Å². The molecule has 5 nitrogen and oxygen atoms in total. The molecule has 0 saturated carbocycles. The van der Waals surface area contributed by atoms with Crippen molar-refractivity contribution in [1.29, 1.82) is 0 Å². The van der Waals surface area contributed by atoms with Crippen LogP contribution in [0, 0.1) is 0 Å². The molecule has 0 aliphatic rings. The molecule has 98 valence electrons. The van der Waals surface area contributed by atoms with Gasteiger partial charge in [0, 0.05) is 39.3 Å². The molecule has 0 unspecified atom stereocenters. The molecule has 0 amide bonds. The van der Waals surface area contributed by atoms with Gasteiger partial charge in [-0.15, -0.1) is 0 Å². The molecular weight excluding hydrogens is 206 g/mol. The molecule has 0 rings (SSSR count). The first-order valence-electron chi connectivity index (χ1n) is 5.87. The summed E-state index contributed by atoms with van der Waals surface area (Å²) in [6.45, 7) is 5.86. The maximum absolute atomic E-state index is 8.75. The highest BCUT2D eigenvalue weighted by molar-refractivity contribution is 4.59. The van der Waals surface area contributed by atoms with Crippen molar-refractivity contribution in [2.75, 3.05) is 73.6 Å². The van der Waals surface area contributed by atoms with Crippen LogP contribution in [0.25, 0.3) is 0 Å². The maximum Gasteiger partial charge on any atom is 0.0558 e. The van der Waals surface area contributed by atoms with E-state index in [4.69, 9.17) is 10.2 Å². The second-order valence-corrected chi connectivity index (χ2v) is 4.36. The van der Waals surface area contributed by atoms with E-state index in [0.29, 0.717) is 0 Å². The van der Waals surface area contributed by atoms with E-state index in [9.17, 15) is 0 Å². The Morgan fingerprint density at radius 1 is 0.562 bits per heavy atom. The fourth-order valence-corrected chi connectivity index (χ4v) is 1.36. The third kappa shape index (κ3) is 9.06. The highest BCUT2D eigenvalue weighted by Gasteiger charge is 2.03. The molecule has 0 heterocycles. The first kappa shape index (κ1) is 15.8. The molecule has 2 N–H and O–H groups in total. The summed E-state index contributed by atoms with van der Waals surface area (Å²) < 4.78 is 0. The summed E-state index contributed by atoms with van der Waals surface area (Å²) in [5, 5.41) is 17.5. The monoisotopic (exact) mass is 233 g/mol. The van der Waals surface area contributed by atoms with Crippen molar-refractivity contribution >= 4 is 0 Å². The van der Waals surface area contributed by atoms with Crippen molar-refractivity contribution in [1.82, 2.24) is 14.7 Å². The van der Waals surface area contributed by atoms with Crippen LogP contribution in [0.5, 0.6) is 0 Å². The SMILES string of the molecule is CN(CCO)CCN(C)CCN(C)CCO. The molecular formula is C11H27N3O2. The Morgan fingerprint density at radius 3 is 1.06 bits per heavy atom. The Morgan fingerprint density at radius 2 is 0.812 bits per heavy atom. The molecule has 0 aromatic carbocycles. The molecule has 0 saturated heterocycles. The van der Waals surface area contributed by atoms with Crippen LogP contribution < -0.4 is 0 Å². The van der Waals surface area contributed by atoms with Crippen LogP contribution in [-0.4, -0.2) is 98.5 Å². The number of likely N-dealkylation sites (N-methyl/N-ethyl adjacent to an activating group) is 3. The van der Waals surface area contributed by atoms with Crippen molar-refractivity contribution in [2.45, 2.75) is 0 Å². The number of hydrogen-bond donors (Lipinski definition) is 2. The molecule has 0 radical (unpaired) electrons. The minimum Gasteiger partial charge on any atom is -0.395 e. The molecule has 5 heteroatoms. The summed E-state index contributed by atoms with van der Waals surface area (Å²) >= 11 is 0. The first-order chi connectivity index (χ1) is 7.60. The molecule has 0 bridgehead atoms. The van der Waals surface area contributed by atoms with Crippen molar-refractivity contribution < 1.29 is 10.2 Å². The zero-order chi connectivity index (χ0) is 12.4. The first-order valence-corrected chi connectivity index (χ1v) is 5.87. The second-order valence-electron chi connectivity index (χ2n) is 4.36. The Balaban J connectivity index is 3.46. The van der Waals surface area contributed by atoms with Gasteiger partial charge in [0.15, 0.2) is 0 Å². The largest absolute Gasteiger partial charge is 0.395 e. The predicted octanol–water partition coefficient (Wildman–Crippen LogP) is -1.23. The average molecular weight is 233 g/mol. The van der Waals surface area contributed by atoms with E-state index in [1.54, 1.807) is 0 Å². The van der Waals surface area contributed by atoms with Gasteiger partial charge in [0.1, 0.15) is 0 Å². The standard InChI is InChI=1S/C11H27N3O2/c1-12(4-6-13(2)8-10-15)5-7-14(3)9-11-16/h15-16H,4-11H2,1-3H3. The van der Waals surface area contributed by atoms with E-state index in [1.807, 2.05) is 14.1 Å². The van der Waals surface area contributed by atoms with Gasteiger partial charge in [0.25, 0.3) is 0 Å². The van der Waals surface area contributed by atoms with Crippen LogP contribution in [0.4, 0.5) is 0 Å². The lowest BCUT2D eigenvalue weighted by Gasteiger charge is -2.23. The van der Waals surface area contributed by atoms with Gasteiger partial charge in [0.05, 0.1) is 13.2 Å². The smallest absolute Gasteiger partial charge is 0.0558 e. The van der Waals surface area contributed by atoms with Gasteiger partial charge in [-0.1, -0.05) is 0 Å². The molecule has 16 heavy (non-hydrogen) atoms. The van der Waals surface area contributed by atoms with E-state index < -0.39 is 0 Å². The van der Waals surface area contributed by atoms with E-state index in [0.717, 1.165) is 39.3 Å². The normalized spacial score (nSPS) is 12.0. The number of nitrogens with zero attached hydrogens (tertiary/aromatic N) is 3. The Kier molecular flexibility index (Phi) is 9.86. The van der Waals surface area contributed by atoms with Crippen molar-refractivity contribution in [3.05, 3.63) is 0 Å². The van der Waals surface area contributed by atoms with Crippen molar-refractivity contribution in [3.63, 3.8) is 0 Å². The number of aliphatic hydroxyl groups is 2. The second kappa shape index (κ2) is 9.99. The third-order valence-corrected chi connectivity index (χ3v) is 2.69. The lowest BCUT2D eigenvalue weighted by molar-refractivity contribution is 0.182. The molecule has 0 atom stereocenters. The molecule has 0 aliphatic carbocycles. The summed E-state index contributed by atoms with van der Waals surface area (Å²) in [5.41, 5.74) is 0. The van der Waals surface area contributed by atoms with Gasteiger partial charge in [-0.05, 0) is 21.1 Å². The van der Waals surface area contributed by atoms with Crippen molar-refractivity contribution in [3.8, 4) is 0 Å². The molecule has 0 fully saturated rings. The fourth-order valence-electron chi connectivity index (χ4n) is 1.36. The molecule has 0 aliphatic heterocycles. The van der Waals surface area contributed by atoms with Gasteiger partial charge in [-0.3, -0.25) is 0 Å². The predicted molar refractivity (Wildman–Crippen MR) is 66.7 cm³/mol. The maximum atomic E-state index is 8.75. The highest BCUT2D eigenvalue weighted by atomic mass is 16.3. The van der Waals surface area contributed by atoms with E-state index >= 15 is 0 Å². The minimum absolute atomic E-state index is 0.222. The topological polar surface area (TPSA) is 50.2 Å². The zero-order valence-corrected chi connectivity index (χ0v) is 10.9. The number of aliphatic hydroxyl groups excluding tert-OH is 2. The minimum atomic E-state index is 0.222. The van der Waals surface area contributed by atoms with Crippen molar-refractivity contribution in [2.24, 2.45) is 0 Å². The van der Waals surface area contributed by atoms with E-state index in [1.165, 1.54) is 0 Å². The summed E-state index contributed by atoms with van der Waals surface area (Å²) in [4.78, 5) is 6.50. The Hall–Kier alpha value is -0.200. The van der Waals surface area contributed by atoms with Gasteiger partial charge < -0.3 is 24.9 Å². The van der Waals surface area contributed by atoms with Gasteiger partial charge in [0.2, 0.25) is 0 Å². The molecule has 0 aromatic rings. The summed E-state index contributed by atoms with van der Waals surface area (Å²) in [6, 6.07) is 0. The summed E-state index contributed by atoms with van der Waals surface area (Å²) in [6.07, 6.45) is 0. The third-order valence-electron chi connectivity index (χ3n) is 2.69. The van der Waals surface area contributed by atoms with Gasteiger partial charge >= 0.3 is 0 Å². The highest BCUT2D eigenvalue weighted by Crippen LogP contribution is 1.88. The quantitative estimate of drug-likeness (QED) is 0.495. The number of rotatable bonds is 10. The Bertz CT molecular complexity index is 142. The van der Waals surface area contributed by atoms with Gasteiger partial charge in [-0.2, -0.15) is 0 Å². The van der Waals surface area contributed by atoms with Crippen LogP contribution in [-0.2, 0) is 0 Å². The average Bonchev–Trinajstić information content (AvgIpc) is 2.24. The Labute approximate surface area is 99.3 Å². The lowest BCUT2D eigenvalue weighted by atomic mass is 10.4. The van der Waals surface area contributed by atoms with Crippen LogP contribution in [0.1, 0.15) is 0 Å².